The Labute approximate surface area is 156 Å². The maximum Gasteiger partial charge on any atom is 0.311 e. The molecule has 1 saturated heterocycles. The molecule has 142 valence electrons. The van der Waals surface area contributed by atoms with Crippen molar-refractivity contribution >= 4 is 18.1 Å². The summed E-state index contributed by atoms with van der Waals surface area (Å²) in [4.78, 5) is 25.5. The van der Waals surface area contributed by atoms with Crippen LogP contribution in [0.4, 0.5) is 0 Å². The minimum Gasteiger partial charge on any atom is -0.459 e. The smallest absolute Gasteiger partial charge is 0.311 e. The highest BCUT2D eigenvalue weighted by Crippen LogP contribution is 2.23. The van der Waals surface area contributed by atoms with Crippen molar-refractivity contribution in [2.45, 2.75) is 20.3 Å². The van der Waals surface area contributed by atoms with Crippen molar-refractivity contribution in [1.82, 2.24) is 9.80 Å². The highest BCUT2D eigenvalue weighted by Gasteiger charge is 2.25. The monoisotopic (exact) mass is 358 g/mol. The quantitative estimate of drug-likeness (QED) is 0.416. The van der Waals surface area contributed by atoms with Crippen LogP contribution in [0.15, 0.2) is 45.9 Å². The fraction of sp³-hybridized carbons (Fsp3) is 0.550. The number of likely N-dealkylation sites (N-methyl/N-ethyl adjacent to an activating group) is 1. The highest BCUT2D eigenvalue weighted by molar-refractivity contribution is 5.95. The van der Waals surface area contributed by atoms with Crippen LogP contribution < -0.4 is 0 Å². The van der Waals surface area contributed by atoms with E-state index in [1.54, 1.807) is 6.21 Å². The molecule has 0 spiro atoms. The summed E-state index contributed by atoms with van der Waals surface area (Å²) in [5.74, 6) is 0.0201. The highest BCUT2D eigenvalue weighted by atomic mass is 16.5. The summed E-state index contributed by atoms with van der Waals surface area (Å²) in [5, 5.41) is 0. The number of piperazine rings is 1. The standard InChI is InChI=1S/C20H30N4O2/c1-15(2)17(4)18(19(25)24-11-9-23(5)10-12-24)13-16(3)14-26-20-21-7-6-8-22-20/h7,13,17H,1,3,6,8-12,14H2,2,4-5H3. The molecule has 0 aromatic rings. The van der Waals surface area contributed by atoms with Crippen LogP contribution in [0.3, 0.4) is 0 Å². The molecule has 0 N–H and O–H groups in total. The number of carbonyl (C=O) groups excluding carboxylic acids is 1. The molecular weight excluding hydrogens is 328 g/mol. The van der Waals surface area contributed by atoms with Gasteiger partial charge >= 0.3 is 6.02 Å². The first-order chi connectivity index (χ1) is 12.4. The van der Waals surface area contributed by atoms with Crippen LogP contribution in [0.5, 0.6) is 0 Å². The third-order valence-corrected chi connectivity index (χ3v) is 4.70. The molecule has 1 fully saturated rings. The van der Waals surface area contributed by atoms with Crippen molar-refractivity contribution in [3.63, 3.8) is 0 Å². The van der Waals surface area contributed by atoms with E-state index in [2.05, 4.69) is 35.1 Å². The Morgan fingerprint density at radius 1 is 1.35 bits per heavy atom. The largest absolute Gasteiger partial charge is 0.459 e. The summed E-state index contributed by atoms with van der Waals surface area (Å²) in [5.41, 5.74) is 2.39. The van der Waals surface area contributed by atoms with Gasteiger partial charge in [0.1, 0.15) is 6.61 Å². The van der Waals surface area contributed by atoms with Gasteiger partial charge in [-0.25, -0.2) is 9.98 Å². The van der Waals surface area contributed by atoms with Crippen LogP contribution >= 0.6 is 0 Å². The Bertz CT molecular complexity index is 640. The van der Waals surface area contributed by atoms with Gasteiger partial charge in [-0.3, -0.25) is 4.79 Å². The van der Waals surface area contributed by atoms with Crippen molar-refractivity contribution in [3.05, 3.63) is 36.0 Å². The molecule has 2 aliphatic rings. The number of amidine groups is 1. The summed E-state index contributed by atoms with van der Waals surface area (Å²) in [6.07, 6.45) is 4.48. The van der Waals surface area contributed by atoms with Crippen molar-refractivity contribution in [2.24, 2.45) is 15.9 Å². The lowest BCUT2D eigenvalue weighted by Crippen LogP contribution is -2.48. The first kappa shape index (κ1) is 20.1. The molecule has 2 aliphatic heterocycles. The molecule has 0 bridgehead atoms. The zero-order chi connectivity index (χ0) is 19.1. The van der Waals surface area contributed by atoms with Crippen LogP contribution in [-0.4, -0.2) is 74.3 Å². The molecule has 1 amide bonds. The molecule has 2 heterocycles. The SMILES string of the molecule is C=C(C=C(C(=O)N1CCN(C)CC1)C(C)C(=C)C)COC1=NCCC=N1. The third kappa shape index (κ3) is 5.66. The van der Waals surface area contributed by atoms with Crippen LogP contribution in [0.1, 0.15) is 20.3 Å². The Balaban J connectivity index is 2.07. The van der Waals surface area contributed by atoms with Gasteiger partial charge < -0.3 is 14.5 Å². The third-order valence-electron chi connectivity index (χ3n) is 4.70. The number of rotatable bonds is 6. The predicted octanol–water partition coefficient (Wildman–Crippen LogP) is 2.30. The average molecular weight is 358 g/mol. The molecule has 0 aromatic carbocycles. The Kier molecular flexibility index (Phi) is 7.33. The number of ether oxygens (including phenoxy) is 1. The maximum atomic E-state index is 13.1. The number of nitrogens with zero attached hydrogens (tertiary/aromatic N) is 4. The van der Waals surface area contributed by atoms with Crippen molar-refractivity contribution in [3.8, 4) is 0 Å². The van der Waals surface area contributed by atoms with Crippen LogP contribution in [-0.2, 0) is 9.53 Å². The zero-order valence-corrected chi connectivity index (χ0v) is 16.2. The minimum atomic E-state index is -0.0380. The van der Waals surface area contributed by atoms with Gasteiger partial charge in [0.25, 0.3) is 0 Å². The summed E-state index contributed by atoms with van der Waals surface area (Å²) in [6.45, 7) is 16.2. The number of hydrogen-bond donors (Lipinski definition) is 0. The van der Waals surface area contributed by atoms with Gasteiger partial charge in [0.05, 0.1) is 0 Å². The average Bonchev–Trinajstić information content (AvgIpc) is 2.64. The molecule has 0 radical (unpaired) electrons. The van der Waals surface area contributed by atoms with E-state index in [0.717, 1.165) is 43.7 Å². The molecule has 26 heavy (non-hydrogen) atoms. The summed E-state index contributed by atoms with van der Waals surface area (Å²) >= 11 is 0. The number of hydrogen-bond acceptors (Lipinski definition) is 5. The molecule has 2 rings (SSSR count). The molecule has 0 aromatic heterocycles. The second-order valence-electron chi connectivity index (χ2n) is 6.97. The van der Waals surface area contributed by atoms with E-state index in [-0.39, 0.29) is 18.4 Å². The van der Waals surface area contributed by atoms with Crippen LogP contribution in [0.2, 0.25) is 0 Å². The van der Waals surface area contributed by atoms with Crippen molar-refractivity contribution in [1.29, 1.82) is 0 Å². The lowest BCUT2D eigenvalue weighted by Gasteiger charge is -2.34. The number of amides is 1. The van der Waals surface area contributed by atoms with Gasteiger partial charge in [-0.05, 0) is 25.6 Å². The van der Waals surface area contributed by atoms with Gasteiger partial charge in [-0.1, -0.05) is 25.7 Å². The van der Waals surface area contributed by atoms with E-state index in [4.69, 9.17) is 4.74 Å². The molecule has 6 heteroatoms. The second-order valence-corrected chi connectivity index (χ2v) is 6.97. The number of allylic oxidation sites excluding steroid dienone is 1. The zero-order valence-electron chi connectivity index (χ0n) is 16.2. The molecule has 6 nitrogen and oxygen atoms in total. The summed E-state index contributed by atoms with van der Waals surface area (Å²) in [7, 11) is 2.07. The van der Waals surface area contributed by atoms with E-state index in [0.29, 0.717) is 18.1 Å². The van der Waals surface area contributed by atoms with Crippen LogP contribution in [0.25, 0.3) is 0 Å². The maximum absolute atomic E-state index is 13.1. The Morgan fingerprint density at radius 3 is 2.62 bits per heavy atom. The summed E-state index contributed by atoms with van der Waals surface area (Å²) in [6, 6.07) is 0.380. The second kappa shape index (κ2) is 9.48. The topological polar surface area (TPSA) is 57.5 Å². The molecule has 1 unspecified atom stereocenters. The van der Waals surface area contributed by atoms with E-state index < -0.39 is 0 Å². The first-order valence-electron chi connectivity index (χ1n) is 9.11. The lowest BCUT2D eigenvalue weighted by molar-refractivity contribution is -0.129. The lowest BCUT2D eigenvalue weighted by atomic mass is 9.92. The van der Waals surface area contributed by atoms with E-state index in [9.17, 15) is 4.79 Å². The van der Waals surface area contributed by atoms with Gasteiger partial charge in [-0.2, -0.15) is 0 Å². The minimum absolute atomic E-state index is 0.0380. The van der Waals surface area contributed by atoms with Crippen molar-refractivity contribution < 1.29 is 9.53 Å². The van der Waals surface area contributed by atoms with Crippen LogP contribution in [0, 0.1) is 5.92 Å². The van der Waals surface area contributed by atoms with E-state index in [1.165, 1.54) is 0 Å². The normalized spacial score (nSPS) is 19.7. The molecule has 0 aliphatic carbocycles. The predicted molar refractivity (Wildman–Crippen MR) is 107 cm³/mol. The number of aliphatic imine (C=N–C) groups is 2. The van der Waals surface area contributed by atoms with Gasteiger partial charge in [-0.15, -0.1) is 0 Å². The molecule has 0 saturated carbocycles. The first-order valence-corrected chi connectivity index (χ1v) is 9.11. The van der Waals surface area contributed by atoms with Gasteiger partial charge in [0.15, 0.2) is 0 Å². The fourth-order valence-corrected chi connectivity index (χ4v) is 2.73. The molecular formula is C20H30N4O2. The molecule has 1 atom stereocenters. The summed E-state index contributed by atoms with van der Waals surface area (Å²) < 4.78 is 5.58. The van der Waals surface area contributed by atoms with E-state index >= 15 is 0 Å². The fourth-order valence-electron chi connectivity index (χ4n) is 2.73. The van der Waals surface area contributed by atoms with Gasteiger partial charge in [0.2, 0.25) is 5.91 Å². The number of carbonyl (C=O) groups is 1. The Morgan fingerprint density at radius 2 is 2.04 bits per heavy atom. The van der Waals surface area contributed by atoms with E-state index in [1.807, 2.05) is 24.8 Å². The van der Waals surface area contributed by atoms with Crippen molar-refractivity contribution in [2.75, 3.05) is 46.4 Å². The van der Waals surface area contributed by atoms with Gasteiger partial charge in [0, 0.05) is 56.9 Å². The Hall–Kier alpha value is -2.21.